The minimum Gasteiger partial charge on any atom is -0.436 e. The fourth-order valence-corrected chi connectivity index (χ4v) is 4.79. The Bertz CT molecular complexity index is 1150. The zero-order valence-corrected chi connectivity index (χ0v) is 15.9. The van der Waals surface area contributed by atoms with E-state index >= 15 is 0 Å². The molecule has 0 amide bonds. The molecule has 0 saturated heterocycles. The third-order valence-corrected chi connectivity index (χ3v) is 6.28. The molecular weight excluding hydrogens is 378 g/mol. The molecule has 0 unspecified atom stereocenters. The number of thiophene rings is 1. The fraction of sp³-hybridized carbons (Fsp3) is 0. The summed E-state index contributed by atoms with van der Waals surface area (Å²) in [5, 5.41) is 0. The molecular formula is C21H11NOS3. The maximum Gasteiger partial charge on any atom is 0.221 e. The molecule has 2 heterocycles. The van der Waals surface area contributed by atoms with Gasteiger partial charge in [-0.2, -0.15) is 4.98 Å². The van der Waals surface area contributed by atoms with E-state index in [9.17, 15) is 0 Å². The second-order valence-electron chi connectivity index (χ2n) is 5.96. The van der Waals surface area contributed by atoms with Crippen molar-refractivity contribution in [2.45, 2.75) is 0 Å². The van der Waals surface area contributed by atoms with Gasteiger partial charge in [-0.05, 0) is 5.56 Å². The minimum atomic E-state index is 0.540. The number of rotatable bonds is 2. The van der Waals surface area contributed by atoms with Gasteiger partial charge in [0.2, 0.25) is 5.89 Å². The standard InChI is InChI=1S/C21H11NOS3/c24-19-13-8-4-5-9-14(13)20(25)15(19)10-18-22-21-16(23-18)11-17(26-21)12-6-2-1-3-7-12/h1-11H. The summed E-state index contributed by atoms with van der Waals surface area (Å²) in [6, 6.07) is 20.2. The monoisotopic (exact) mass is 389 g/mol. The molecule has 0 bridgehead atoms. The highest BCUT2D eigenvalue weighted by Gasteiger charge is 2.26. The lowest BCUT2D eigenvalue weighted by molar-refractivity contribution is 0.589. The first-order chi connectivity index (χ1) is 12.7. The summed E-state index contributed by atoms with van der Waals surface area (Å²) in [6.45, 7) is 0. The van der Waals surface area contributed by atoms with Crippen LogP contribution >= 0.6 is 35.8 Å². The first-order valence-corrected chi connectivity index (χ1v) is 9.70. The number of fused-ring (bicyclic) bond motifs is 2. The third-order valence-electron chi connectivity index (χ3n) is 4.34. The van der Waals surface area contributed by atoms with Crippen molar-refractivity contribution in [1.82, 2.24) is 4.98 Å². The van der Waals surface area contributed by atoms with Gasteiger partial charge in [-0.25, -0.2) is 0 Å². The molecule has 0 aliphatic heterocycles. The van der Waals surface area contributed by atoms with Crippen molar-refractivity contribution in [2.24, 2.45) is 0 Å². The van der Waals surface area contributed by atoms with E-state index in [1.54, 1.807) is 11.3 Å². The van der Waals surface area contributed by atoms with E-state index in [1.807, 2.05) is 54.6 Å². The first-order valence-electron chi connectivity index (χ1n) is 8.06. The van der Waals surface area contributed by atoms with Gasteiger partial charge >= 0.3 is 0 Å². The van der Waals surface area contributed by atoms with E-state index < -0.39 is 0 Å². The van der Waals surface area contributed by atoms with Gasteiger partial charge in [-0.1, -0.05) is 79.0 Å². The second kappa shape index (κ2) is 6.06. The molecule has 2 nitrogen and oxygen atoms in total. The second-order valence-corrected chi connectivity index (χ2v) is 7.81. The van der Waals surface area contributed by atoms with Gasteiger partial charge in [-0.3, -0.25) is 0 Å². The molecule has 2 aromatic carbocycles. The summed E-state index contributed by atoms with van der Waals surface area (Å²) >= 11 is 12.8. The topological polar surface area (TPSA) is 26.0 Å². The lowest BCUT2D eigenvalue weighted by Gasteiger charge is -1.96. The van der Waals surface area contributed by atoms with E-state index in [0.29, 0.717) is 5.89 Å². The normalized spacial score (nSPS) is 13.5. The third kappa shape index (κ3) is 2.48. The van der Waals surface area contributed by atoms with E-state index in [4.69, 9.17) is 28.9 Å². The fourth-order valence-electron chi connectivity index (χ4n) is 3.08. The lowest BCUT2D eigenvalue weighted by atomic mass is 10.1. The van der Waals surface area contributed by atoms with Crippen LogP contribution in [0.25, 0.3) is 26.9 Å². The Morgan fingerprint density at radius 1 is 0.885 bits per heavy atom. The SMILES string of the molecule is S=C1C(=Cc2nc3sc(-c4ccccc4)cc3o2)C(=S)c2ccccc21. The Morgan fingerprint density at radius 3 is 2.19 bits per heavy atom. The predicted octanol–water partition coefficient (Wildman–Crippen LogP) is 6.09. The number of oxazole rings is 1. The molecule has 4 aromatic rings. The average molecular weight is 390 g/mol. The molecule has 1 aliphatic carbocycles. The highest BCUT2D eigenvalue weighted by molar-refractivity contribution is 7.84. The summed E-state index contributed by atoms with van der Waals surface area (Å²) in [5.41, 5.74) is 4.82. The number of nitrogens with zero attached hydrogens (tertiary/aromatic N) is 1. The van der Waals surface area contributed by atoms with Crippen molar-refractivity contribution in [1.29, 1.82) is 0 Å². The van der Waals surface area contributed by atoms with E-state index in [0.717, 1.165) is 41.7 Å². The molecule has 0 atom stereocenters. The molecule has 2 aromatic heterocycles. The number of hydrogen-bond acceptors (Lipinski definition) is 5. The molecule has 5 heteroatoms. The molecule has 1 aliphatic rings. The van der Waals surface area contributed by atoms with Crippen molar-refractivity contribution in [3.63, 3.8) is 0 Å². The molecule has 5 rings (SSSR count). The highest BCUT2D eigenvalue weighted by Crippen LogP contribution is 2.35. The Kier molecular flexibility index (Phi) is 3.67. The van der Waals surface area contributed by atoms with Crippen LogP contribution in [0, 0.1) is 0 Å². The molecule has 0 N–H and O–H groups in total. The summed E-state index contributed by atoms with van der Waals surface area (Å²) in [7, 11) is 0. The van der Waals surface area contributed by atoms with Crippen molar-refractivity contribution in [2.75, 3.05) is 0 Å². The van der Waals surface area contributed by atoms with Gasteiger partial charge in [0.25, 0.3) is 0 Å². The number of aromatic nitrogens is 1. The van der Waals surface area contributed by atoms with E-state index in [2.05, 4.69) is 17.1 Å². The summed E-state index contributed by atoms with van der Waals surface area (Å²) in [4.78, 5) is 8.15. The van der Waals surface area contributed by atoms with Gasteiger partial charge in [0.05, 0.1) is 9.73 Å². The van der Waals surface area contributed by atoms with Crippen LogP contribution in [-0.4, -0.2) is 14.7 Å². The molecule has 0 fully saturated rings. The molecule has 26 heavy (non-hydrogen) atoms. The molecule has 124 valence electrons. The van der Waals surface area contributed by atoms with Crippen LogP contribution in [0.1, 0.15) is 17.0 Å². The van der Waals surface area contributed by atoms with E-state index in [-0.39, 0.29) is 0 Å². The number of allylic oxidation sites excluding steroid dienone is 1. The quantitative estimate of drug-likeness (QED) is 0.306. The van der Waals surface area contributed by atoms with Crippen LogP contribution < -0.4 is 0 Å². The highest BCUT2D eigenvalue weighted by atomic mass is 32.1. The summed E-state index contributed by atoms with van der Waals surface area (Å²) in [5.74, 6) is 0.540. The number of hydrogen-bond donors (Lipinski definition) is 0. The van der Waals surface area contributed by atoms with Gasteiger partial charge in [0.15, 0.2) is 10.4 Å². The molecule has 0 spiro atoms. The van der Waals surface area contributed by atoms with Crippen LogP contribution in [-0.2, 0) is 0 Å². The van der Waals surface area contributed by atoms with Gasteiger partial charge in [0.1, 0.15) is 0 Å². The Morgan fingerprint density at radius 2 is 1.54 bits per heavy atom. The zero-order chi connectivity index (χ0) is 17.7. The maximum atomic E-state index is 5.93. The van der Waals surface area contributed by atoms with Gasteiger partial charge in [0, 0.05) is 33.7 Å². The zero-order valence-electron chi connectivity index (χ0n) is 13.4. The van der Waals surface area contributed by atoms with Crippen molar-refractivity contribution in [3.8, 4) is 10.4 Å². The van der Waals surface area contributed by atoms with Crippen LogP contribution in [0.3, 0.4) is 0 Å². The largest absolute Gasteiger partial charge is 0.436 e. The predicted molar refractivity (Wildman–Crippen MR) is 115 cm³/mol. The smallest absolute Gasteiger partial charge is 0.221 e. The Hall–Kier alpha value is -2.47. The van der Waals surface area contributed by atoms with Crippen molar-refractivity contribution in [3.05, 3.63) is 83.3 Å². The molecule has 0 radical (unpaired) electrons. The number of benzene rings is 2. The lowest BCUT2D eigenvalue weighted by Crippen LogP contribution is -1.97. The minimum absolute atomic E-state index is 0.540. The molecule has 0 saturated carbocycles. The van der Waals surface area contributed by atoms with Crippen LogP contribution in [0.4, 0.5) is 0 Å². The van der Waals surface area contributed by atoms with Gasteiger partial charge in [-0.15, -0.1) is 11.3 Å². The van der Waals surface area contributed by atoms with Crippen LogP contribution in [0.5, 0.6) is 0 Å². The van der Waals surface area contributed by atoms with Crippen LogP contribution in [0.2, 0.25) is 0 Å². The van der Waals surface area contributed by atoms with Gasteiger partial charge < -0.3 is 4.42 Å². The Balaban J connectivity index is 1.53. The van der Waals surface area contributed by atoms with Crippen molar-refractivity contribution < 1.29 is 4.42 Å². The summed E-state index contributed by atoms with van der Waals surface area (Å²) in [6.07, 6.45) is 1.86. The van der Waals surface area contributed by atoms with Crippen LogP contribution in [0.15, 0.2) is 70.7 Å². The first kappa shape index (κ1) is 15.8. The van der Waals surface area contributed by atoms with Crippen molar-refractivity contribution >= 4 is 62.0 Å². The maximum absolute atomic E-state index is 5.93. The number of thiocarbonyl (C=S) groups is 2. The Labute approximate surface area is 164 Å². The van der Waals surface area contributed by atoms with E-state index in [1.165, 1.54) is 5.56 Å². The average Bonchev–Trinajstić information content (AvgIpc) is 3.30. The summed E-state index contributed by atoms with van der Waals surface area (Å²) < 4.78 is 5.93.